The maximum atomic E-state index is 12.5. The lowest BCUT2D eigenvalue weighted by Crippen LogP contribution is -2.46. The third-order valence-electron chi connectivity index (χ3n) is 4.88. The SMILES string of the molecule is N#Cc1ccc(NC(=O)c2cc(N3CCN(c4ccccc4)CC3)ncn2)cc1. The first kappa shape index (κ1) is 18.4. The van der Waals surface area contributed by atoms with Gasteiger partial charge in [-0.15, -0.1) is 0 Å². The molecule has 7 nitrogen and oxygen atoms in total. The van der Waals surface area contributed by atoms with E-state index in [1.807, 2.05) is 18.2 Å². The largest absolute Gasteiger partial charge is 0.368 e. The van der Waals surface area contributed by atoms with Crippen molar-refractivity contribution in [1.29, 1.82) is 5.26 Å². The molecule has 0 unspecified atom stereocenters. The Morgan fingerprint density at radius 2 is 1.62 bits per heavy atom. The third-order valence-corrected chi connectivity index (χ3v) is 4.88. The van der Waals surface area contributed by atoms with Crippen molar-refractivity contribution in [2.24, 2.45) is 0 Å². The molecule has 0 aliphatic carbocycles. The van der Waals surface area contributed by atoms with Crippen molar-refractivity contribution in [3.05, 3.63) is 78.2 Å². The molecule has 2 heterocycles. The predicted octanol–water partition coefficient (Wildman–Crippen LogP) is 2.93. The molecule has 144 valence electrons. The van der Waals surface area contributed by atoms with Gasteiger partial charge in [0, 0.05) is 43.6 Å². The van der Waals surface area contributed by atoms with Crippen LogP contribution in [-0.4, -0.2) is 42.1 Å². The Morgan fingerprint density at radius 3 is 2.31 bits per heavy atom. The van der Waals surface area contributed by atoms with Gasteiger partial charge in [-0.3, -0.25) is 4.79 Å². The highest BCUT2D eigenvalue weighted by Crippen LogP contribution is 2.19. The zero-order valence-corrected chi connectivity index (χ0v) is 15.8. The van der Waals surface area contributed by atoms with Gasteiger partial charge in [0.05, 0.1) is 11.6 Å². The number of nitrogens with one attached hydrogen (secondary N) is 1. The predicted molar refractivity (Wildman–Crippen MR) is 112 cm³/mol. The number of carbonyl (C=O) groups excluding carboxylic acids is 1. The van der Waals surface area contributed by atoms with Crippen molar-refractivity contribution in [2.45, 2.75) is 0 Å². The van der Waals surface area contributed by atoms with Crippen LogP contribution in [0.15, 0.2) is 67.0 Å². The van der Waals surface area contributed by atoms with Crippen LogP contribution in [0.5, 0.6) is 0 Å². The van der Waals surface area contributed by atoms with Gasteiger partial charge in [0.1, 0.15) is 17.8 Å². The molecule has 1 amide bonds. The zero-order valence-electron chi connectivity index (χ0n) is 15.8. The fourth-order valence-corrected chi connectivity index (χ4v) is 3.30. The minimum absolute atomic E-state index is 0.304. The lowest BCUT2D eigenvalue weighted by molar-refractivity contribution is 0.102. The molecule has 3 aromatic rings. The number of aromatic nitrogens is 2. The Labute approximate surface area is 169 Å². The Hall–Kier alpha value is -3.92. The zero-order chi connectivity index (χ0) is 20.1. The molecule has 29 heavy (non-hydrogen) atoms. The molecule has 2 aromatic carbocycles. The fraction of sp³-hybridized carbons (Fsp3) is 0.182. The average molecular weight is 384 g/mol. The Balaban J connectivity index is 1.41. The molecule has 1 aromatic heterocycles. The monoisotopic (exact) mass is 384 g/mol. The van der Waals surface area contributed by atoms with Crippen LogP contribution < -0.4 is 15.1 Å². The van der Waals surface area contributed by atoms with Gasteiger partial charge in [-0.2, -0.15) is 5.26 Å². The van der Waals surface area contributed by atoms with E-state index in [2.05, 4.69) is 43.3 Å². The summed E-state index contributed by atoms with van der Waals surface area (Å²) in [7, 11) is 0. The molecule has 0 spiro atoms. The molecule has 0 saturated carbocycles. The highest BCUT2D eigenvalue weighted by atomic mass is 16.1. The highest BCUT2D eigenvalue weighted by Gasteiger charge is 2.19. The van der Waals surface area contributed by atoms with Crippen LogP contribution >= 0.6 is 0 Å². The van der Waals surface area contributed by atoms with Gasteiger partial charge in [0.25, 0.3) is 5.91 Å². The number of hydrogen-bond donors (Lipinski definition) is 1. The van der Waals surface area contributed by atoms with E-state index in [1.54, 1.807) is 30.3 Å². The minimum Gasteiger partial charge on any atom is -0.368 e. The lowest BCUT2D eigenvalue weighted by atomic mass is 10.2. The van der Waals surface area contributed by atoms with Crippen molar-refractivity contribution in [3.63, 3.8) is 0 Å². The van der Waals surface area contributed by atoms with Crippen molar-refractivity contribution >= 4 is 23.1 Å². The fourth-order valence-electron chi connectivity index (χ4n) is 3.30. The van der Waals surface area contributed by atoms with Gasteiger partial charge in [0.15, 0.2) is 0 Å². The number of carbonyl (C=O) groups is 1. The molecule has 7 heteroatoms. The van der Waals surface area contributed by atoms with Crippen LogP contribution in [0.4, 0.5) is 17.2 Å². The maximum Gasteiger partial charge on any atom is 0.274 e. The molecule has 1 fully saturated rings. The van der Waals surface area contributed by atoms with Crippen LogP contribution in [0.2, 0.25) is 0 Å². The Kier molecular flexibility index (Phi) is 5.34. The third kappa shape index (κ3) is 4.33. The molecule has 1 saturated heterocycles. The molecule has 0 radical (unpaired) electrons. The Bertz CT molecular complexity index is 1020. The van der Waals surface area contributed by atoms with Crippen molar-refractivity contribution in [2.75, 3.05) is 41.3 Å². The van der Waals surface area contributed by atoms with Gasteiger partial charge in [-0.25, -0.2) is 9.97 Å². The Morgan fingerprint density at radius 1 is 0.931 bits per heavy atom. The molecule has 4 rings (SSSR count). The summed E-state index contributed by atoms with van der Waals surface area (Å²) >= 11 is 0. The summed E-state index contributed by atoms with van der Waals surface area (Å²) in [5, 5.41) is 11.7. The standard InChI is InChI=1S/C22H20N6O/c23-15-17-6-8-18(9-7-17)26-22(29)20-14-21(25-16-24-20)28-12-10-27(11-13-28)19-4-2-1-3-5-19/h1-9,14,16H,10-13H2,(H,26,29). The summed E-state index contributed by atoms with van der Waals surface area (Å²) in [6, 6.07) is 20.8. The number of piperazine rings is 1. The van der Waals surface area contributed by atoms with Crippen LogP contribution in [0.3, 0.4) is 0 Å². The van der Waals surface area contributed by atoms with Crippen molar-refractivity contribution < 1.29 is 4.79 Å². The van der Waals surface area contributed by atoms with Gasteiger partial charge in [0.2, 0.25) is 0 Å². The number of benzene rings is 2. The summed E-state index contributed by atoms with van der Waals surface area (Å²) in [6.45, 7) is 3.42. The first-order valence-electron chi connectivity index (χ1n) is 9.41. The van der Waals surface area contributed by atoms with Crippen molar-refractivity contribution in [3.8, 4) is 6.07 Å². The van der Waals surface area contributed by atoms with E-state index in [0.717, 1.165) is 32.0 Å². The number of nitrogens with zero attached hydrogens (tertiary/aromatic N) is 5. The van der Waals surface area contributed by atoms with Crippen molar-refractivity contribution in [1.82, 2.24) is 9.97 Å². The summed E-state index contributed by atoms with van der Waals surface area (Å²) in [5.41, 5.74) is 2.69. The number of rotatable bonds is 4. The first-order chi connectivity index (χ1) is 14.2. The van der Waals surface area contributed by atoms with Crippen LogP contribution in [0.25, 0.3) is 0 Å². The summed E-state index contributed by atoms with van der Waals surface area (Å²) < 4.78 is 0. The summed E-state index contributed by atoms with van der Waals surface area (Å²) in [4.78, 5) is 25.5. The molecular weight excluding hydrogens is 364 g/mol. The van der Waals surface area contributed by atoms with E-state index < -0.39 is 0 Å². The smallest absolute Gasteiger partial charge is 0.274 e. The topological polar surface area (TPSA) is 85.2 Å². The molecule has 0 atom stereocenters. The van der Waals surface area contributed by atoms with E-state index in [4.69, 9.17) is 5.26 Å². The summed E-state index contributed by atoms with van der Waals surface area (Å²) in [6.07, 6.45) is 1.42. The average Bonchev–Trinajstić information content (AvgIpc) is 2.80. The van der Waals surface area contributed by atoms with Crippen LogP contribution in [-0.2, 0) is 0 Å². The van der Waals surface area contributed by atoms with E-state index in [-0.39, 0.29) is 5.91 Å². The second kappa shape index (κ2) is 8.40. The maximum absolute atomic E-state index is 12.5. The number of amides is 1. The molecule has 1 aliphatic rings. The first-order valence-corrected chi connectivity index (χ1v) is 9.41. The van der Waals surface area contributed by atoms with E-state index in [9.17, 15) is 4.79 Å². The number of para-hydroxylation sites is 1. The second-order valence-electron chi connectivity index (χ2n) is 6.71. The molecular formula is C22H20N6O. The normalized spacial score (nSPS) is 13.6. The quantitative estimate of drug-likeness (QED) is 0.744. The number of anilines is 3. The summed E-state index contributed by atoms with van der Waals surface area (Å²) in [5.74, 6) is 0.443. The van der Waals surface area contributed by atoms with Gasteiger partial charge >= 0.3 is 0 Å². The molecule has 0 bridgehead atoms. The second-order valence-corrected chi connectivity index (χ2v) is 6.71. The lowest BCUT2D eigenvalue weighted by Gasteiger charge is -2.36. The van der Waals surface area contributed by atoms with Gasteiger partial charge < -0.3 is 15.1 Å². The van der Waals surface area contributed by atoms with Gasteiger partial charge in [-0.1, -0.05) is 18.2 Å². The molecule has 1 aliphatic heterocycles. The number of hydrogen-bond acceptors (Lipinski definition) is 6. The van der Waals surface area contributed by atoms with Crippen LogP contribution in [0.1, 0.15) is 16.1 Å². The number of nitriles is 1. The molecule has 1 N–H and O–H groups in total. The van der Waals surface area contributed by atoms with E-state index >= 15 is 0 Å². The van der Waals surface area contributed by atoms with E-state index in [0.29, 0.717) is 16.9 Å². The van der Waals surface area contributed by atoms with Gasteiger partial charge in [-0.05, 0) is 36.4 Å². The van der Waals surface area contributed by atoms with E-state index in [1.165, 1.54) is 12.0 Å². The highest BCUT2D eigenvalue weighted by molar-refractivity contribution is 6.03. The minimum atomic E-state index is -0.304. The van der Waals surface area contributed by atoms with Crippen LogP contribution in [0, 0.1) is 11.3 Å².